The number of hydrogen-bond acceptors (Lipinski definition) is 8. The van der Waals surface area contributed by atoms with Crippen molar-refractivity contribution in [3.63, 3.8) is 0 Å². The molecular weight excluding hydrogens is 426 g/mol. The van der Waals surface area contributed by atoms with Gasteiger partial charge in [-0.2, -0.15) is 14.9 Å². The van der Waals surface area contributed by atoms with Crippen molar-refractivity contribution in [1.29, 1.82) is 0 Å². The third-order valence-electron chi connectivity index (χ3n) is 4.08. The predicted octanol–water partition coefficient (Wildman–Crippen LogP) is 3.65. The Morgan fingerprint density at radius 2 is 2.06 bits per heavy atom. The number of halogens is 1. The van der Waals surface area contributed by atoms with Gasteiger partial charge in [0.05, 0.1) is 36.7 Å². The van der Waals surface area contributed by atoms with E-state index in [1.807, 2.05) is 6.07 Å². The third-order valence-corrected chi connectivity index (χ3v) is 4.44. The van der Waals surface area contributed by atoms with Crippen LogP contribution in [0.2, 0.25) is 5.02 Å². The molecule has 0 unspecified atom stereocenters. The minimum Gasteiger partial charge on any atom is -0.490 e. The fourth-order valence-electron chi connectivity index (χ4n) is 2.73. The van der Waals surface area contributed by atoms with Crippen molar-refractivity contribution in [1.82, 2.24) is 9.78 Å². The molecule has 3 rings (SSSR count). The molecule has 0 aliphatic carbocycles. The van der Waals surface area contributed by atoms with Gasteiger partial charge in [0.2, 0.25) is 5.75 Å². The van der Waals surface area contributed by atoms with Gasteiger partial charge in [0.1, 0.15) is 10.7 Å². The first-order chi connectivity index (χ1) is 15.0. The average molecular weight is 444 g/mol. The zero-order valence-electron chi connectivity index (χ0n) is 16.6. The molecule has 0 saturated carbocycles. The van der Waals surface area contributed by atoms with E-state index in [4.69, 9.17) is 21.1 Å². The molecule has 160 valence electrons. The van der Waals surface area contributed by atoms with Gasteiger partial charge in [-0.25, -0.2) is 0 Å². The summed E-state index contributed by atoms with van der Waals surface area (Å²) in [5.41, 5.74) is 2.98. The van der Waals surface area contributed by atoms with Crippen molar-refractivity contribution in [3.8, 4) is 17.2 Å². The lowest BCUT2D eigenvalue weighted by atomic mass is 10.2. The largest absolute Gasteiger partial charge is 0.490 e. The van der Waals surface area contributed by atoms with Crippen LogP contribution in [0.4, 0.5) is 11.4 Å². The molecule has 0 saturated heterocycles. The van der Waals surface area contributed by atoms with Gasteiger partial charge in [0.15, 0.2) is 5.75 Å². The van der Waals surface area contributed by atoms with Crippen molar-refractivity contribution in [2.45, 2.75) is 6.92 Å². The fourth-order valence-corrected chi connectivity index (χ4v) is 2.90. The summed E-state index contributed by atoms with van der Waals surface area (Å²) in [4.78, 5) is 23.3. The Hall–Kier alpha value is -3.92. The molecular formula is C20H18ClN5O5. The molecule has 1 aromatic heterocycles. The second-order valence-electron chi connectivity index (χ2n) is 6.06. The molecule has 1 N–H and O–H groups in total. The van der Waals surface area contributed by atoms with Crippen molar-refractivity contribution >= 4 is 29.2 Å². The first kappa shape index (κ1) is 21.8. The van der Waals surface area contributed by atoms with Gasteiger partial charge in [-0.05, 0) is 25.1 Å². The lowest BCUT2D eigenvalue weighted by Crippen LogP contribution is -2.22. The average Bonchev–Trinajstić information content (AvgIpc) is 2.77. The number of nitro benzene ring substituents is 1. The Bertz CT molecular complexity index is 1180. The van der Waals surface area contributed by atoms with E-state index < -0.39 is 10.5 Å². The van der Waals surface area contributed by atoms with Crippen LogP contribution in [0.3, 0.4) is 0 Å². The smallest absolute Gasteiger partial charge is 0.315 e. The number of aromatic nitrogens is 2. The van der Waals surface area contributed by atoms with Crippen LogP contribution in [0.1, 0.15) is 12.5 Å². The first-order valence-corrected chi connectivity index (χ1v) is 9.45. The standard InChI is InChI=1S/C20H18ClN5O5/c1-3-31-17-10-13(9-16(26(28)29)19(17)30-2)11-22-24-15-12-23-25(20(27)18(15)21)14-7-5-4-6-8-14/h4-12,24H,3H2,1-2H3/b22-11-. The number of nitro groups is 1. The highest BCUT2D eigenvalue weighted by Gasteiger charge is 2.21. The Morgan fingerprint density at radius 3 is 2.71 bits per heavy atom. The van der Waals surface area contributed by atoms with Gasteiger partial charge < -0.3 is 9.47 Å². The molecule has 0 aliphatic heterocycles. The van der Waals surface area contributed by atoms with E-state index in [1.165, 1.54) is 30.3 Å². The maximum absolute atomic E-state index is 12.5. The van der Waals surface area contributed by atoms with E-state index in [-0.39, 0.29) is 27.9 Å². The number of ether oxygens (including phenoxy) is 2. The van der Waals surface area contributed by atoms with Crippen LogP contribution in [0.25, 0.3) is 5.69 Å². The Kier molecular flexibility index (Phi) is 6.83. The van der Waals surface area contributed by atoms with Gasteiger partial charge in [-0.15, -0.1) is 0 Å². The van der Waals surface area contributed by atoms with Gasteiger partial charge in [0, 0.05) is 11.6 Å². The Balaban J connectivity index is 1.87. The Labute approximate surface area is 181 Å². The van der Waals surface area contributed by atoms with E-state index in [0.29, 0.717) is 17.9 Å². The summed E-state index contributed by atoms with van der Waals surface area (Å²) in [6, 6.07) is 11.7. The highest BCUT2D eigenvalue weighted by atomic mass is 35.5. The summed E-state index contributed by atoms with van der Waals surface area (Å²) in [5, 5.41) is 19.4. The van der Waals surface area contributed by atoms with Crippen LogP contribution >= 0.6 is 11.6 Å². The minimum absolute atomic E-state index is 0.0220. The maximum atomic E-state index is 12.5. The first-order valence-electron chi connectivity index (χ1n) is 9.07. The molecule has 0 radical (unpaired) electrons. The number of hydrazone groups is 1. The highest BCUT2D eigenvalue weighted by molar-refractivity contribution is 6.32. The molecule has 1 heterocycles. The number of nitrogens with zero attached hydrogens (tertiary/aromatic N) is 4. The fraction of sp³-hybridized carbons (Fsp3) is 0.150. The number of hydrogen-bond donors (Lipinski definition) is 1. The summed E-state index contributed by atoms with van der Waals surface area (Å²) in [7, 11) is 1.33. The van der Waals surface area contributed by atoms with Crippen LogP contribution in [0.5, 0.6) is 11.5 Å². The van der Waals surface area contributed by atoms with Crippen LogP contribution in [-0.2, 0) is 0 Å². The zero-order chi connectivity index (χ0) is 22.4. The topological polar surface area (TPSA) is 121 Å². The van der Waals surface area contributed by atoms with Gasteiger partial charge in [-0.3, -0.25) is 20.3 Å². The Morgan fingerprint density at radius 1 is 1.32 bits per heavy atom. The zero-order valence-corrected chi connectivity index (χ0v) is 17.4. The molecule has 10 nitrogen and oxygen atoms in total. The van der Waals surface area contributed by atoms with Crippen LogP contribution in [-0.4, -0.2) is 34.6 Å². The summed E-state index contributed by atoms with van der Waals surface area (Å²) in [6.07, 6.45) is 2.68. The van der Waals surface area contributed by atoms with Crippen molar-refractivity contribution < 1.29 is 14.4 Å². The van der Waals surface area contributed by atoms with Gasteiger partial charge >= 0.3 is 5.69 Å². The summed E-state index contributed by atoms with van der Waals surface area (Å²) < 4.78 is 11.7. The van der Waals surface area contributed by atoms with E-state index in [9.17, 15) is 14.9 Å². The van der Waals surface area contributed by atoms with Crippen molar-refractivity contribution in [2.75, 3.05) is 19.1 Å². The van der Waals surface area contributed by atoms with E-state index >= 15 is 0 Å². The number of rotatable bonds is 8. The summed E-state index contributed by atoms with van der Waals surface area (Å²) in [6.45, 7) is 2.05. The normalized spacial score (nSPS) is 10.8. The van der Waals surface area contributed by atoms with E-state index in [1.54, 1.807) is 37.3 Å². The molecule has 31 heavy (non-hydrogen) atoms. The third kappa shape index (κ3) is 4.81. The molecule has 0 atom stereocenters. The summed E-state index contributed by atoms with van der Waals surface area (Å²) in [5.74, 6) is 0.236. The molecule has 3 aromatic rings. The maximum Gasteiger partial charge on any atom is 0.315 e. The molecule has 0 fully saturated rings. The lowest BCUT2D eigenvalue weighted by molar-refractivity contribution is -0.385. The molecule has 11 heteroatoms. The van der Waals surface area contributed by atoms with Crippen LogP contribution in [0, 0.1) is 10.1 Å². The number of benzene rings is 2. The van der Waals surface area contributed by atoms with Crippen LogP contribution in [0.15, 0.2) is 58.6 Å². The SMILES string of the molecule is CCOc1cc(/C=N\Nc2cnn(-c3ccccc3)c(=O)c2Cl)cc([N+](=O)[O-])c1OC. The van der Waals surface area contributed by atoms with Crippen molar-refractivity contribution in [2.24, 2.45) is 5.10 Å². The molecule has 0 spiro atoms. The minimum atomic E-state index is -0.573. The van der Waals surface area contributed by atoms with Gasteiger partial charge in [0.25, 0.3) is 5.56 Å². The highest BCUT2D eigenvalue weighted by Crippen LogP contribution is 2.37. The quantitative estimate of drug-likeness (QED) is 0.320. The summed E-state index contributed by atoms with van der Waals surface area (Å²) >= 11 is 6.17. The number of nitrogens with one attached hydrogen (secondary N) is 1. The molecule has 0 amide bonds. The molecule has 0 bridgehead atoms. The number of anilines is 1. The van der Waals surface area contributed by atoms with E-state index in [2.05, 4.69) is 15.6 Å². The monoisotopic (exact) mass is 443 g/mol. The van der Waals surface area contributed by atoms with Crippen LogP contribution < -0.4 is 20.5 Å². The van der Waals surface area contributed by atoms with Gasteiger partial charge in [-0.1, -0.05) is 29.8 Å². The van der Waals surface area contributed by atoms with Crippen molar-refractivity contribution in [3.05, 3.63) is 79.7 Å². The molecule has 2 aromatic carbocycles. The van der Waals surface area contributed by atoms with E-state index in [0.717, 1.165) is 0 Å². The second-order valence-corrected chi connectivity index (χ2v) is 6.43. The molecule has 0 aliphatic rings. The predicted molar refractivity (Wildman–Crippen MR) is 117 cm³/mol. The second kappa shape index (κ2) is 9.72. The number of para-hydroxylation sites is 1. The number of methoxy groups -OCH3 is 1. The lowest BCUT2D eigenvalue weighted by Gasteiger charge is -2.10.